The fourth-order valence-electron chi connectivity index (χ4n) is 1.81. The van der Waals surface area contributed by atoms with E-state index in [1.54, 1.807) is 0 Å². The molecule has 0 aliphatic carbocycles. The van der Waals surface area contributed by atoms with Gasteiger partial charge in [-0.2, -0.15) is 0 Å². The number of halogens is 7. The van der Waals surface area contributed by atoms with Crippen molar-refractivity contribution in [2.24, 2.45) is 0 Å². The number of hydrogen-bond acceptors (Lipinski definition) is 3. The second-order valence-corrected chi connectivity index (χ2v) is 8.13. The average molecular weight is 497 g/mol. The molecule has 0 saturated heterocycles. The molecule has 0 bridgehead atoms. The molecule has 0 aromatic heterocycles. The van der Waals surface area contributed by atoms with Crippen LogP contribution in [0.1, 0.15) is 0 Å². The van der Waals surface area contributed by atoms with E-state index in [1.165, 1.54) is 12.1 Å². The minimum absolute atomic E-state index is 0. The molecular formula is C12H2Cl7NaO3S. The van der Waals surface area contributed by atoms with E-state index in [-0.39, 0.29) is 70.8 Å². The monoisotopic (exact) mass is 494 g/mol. The first-order chi connectivity index (χ1) is 10.5. The van der Waals surface area contributed by atoms with Crippen LogP contribution in [0.3, 0.4) is 0 Å². The van der Waals surface area contributed by atoms with E-state index in [2.05, 4.69) is 0 Å². The van der Waals surface area contributed by atoms with Crippen LogP contribution in [-0.2, 0) is 10.1 Å². The van der Waals surface area contributed by atoms with E-state index >= 15 is 0 Å². The average Bonchev–Trinajstić information content (AvgIpc) is 2.46. The maximum Gasteiger partial charge on any atom is 1.00 e. The summed E-state index contributed by atoms with van der Waals surface area (Å²) in [5.41, 5.74) is -0.286. The number of benzene rings is 2. The first-order valence-corrected chi connectivity index (χ1v) is 9.49. The maximum atomic E-state index is 11.6. The predicted octanol–water partition coefficient (Wildman–Crippen LogP) is 3.84. The molecule has 3 nitrogen and oxygen atoms in total. The minimum atomic E-state index is -5.06. The third kappa shape index (κ3) is 4.27. The van der Waals surface area contributed by atoms with Gasteiger partial charge in [0, 0.05) is 11.1 Å². The molecule has 0 atom stereocenters. The first-order valence-electron chi connectivity index (χ1n) is 5.44. The molecule has 12 heteroatoms. The van der Waals surface area contributed by atoms with Crippen LogP contribution in [0.4, 0.5) is 0 Å². The van der Waals surface area contributed by atoms with Crippen LogP contribution in [-0.4, -0.2) is 13.0 Å². The second-order valence-electron chi connectivity index (χ2n) is 4.14. The minimum Gasteiger partial charge on any atom is -0.744 e. The second kappa shape index (κ2) is 8.59. The molecule has 24 heavy (non-hydrogen) atoms. The molecule has 0 saturated carbocycles. The Morgan fingerprint density at radius 1 is 0.708 bits per heavy atom. The molecule has 0 amide bonds. The standard InChI is InChI=1S/C12H3Cl7O3S.Na/c13-4-2-1-3(6(14)7(4)15)5-8(16)9(17)10(18)11(19)12(5)23(20,21)22;/h1-2H,(H,20,21,22);/q;+1/p-1. The Balaban J connectivity index is 0.00000288. The number of rotatable bonds is 2. The summed E-state index contributed by atoms with van der Waals surface area (Å²) in [6.07, 6.45) is 0. The largest absolute Gasteiger partial charge is 1.00 e. The smallest absolute Gasteiger partial charge is 0.744 e. The summed E-state index contributed by atoms with van der Waals surface area (Å²) in [5.74, 6) is 0. The van der Waals surface area contributed by atoms with Gasteiger partial charge in [0.05, 0.1) is 40.1 Å². The van der Waals surface area contributed by atoms with Gasteiger partial charge in [0.2, 0.25) is 0 Å². The summed E-state index contributed by atoms with van der Waals surface area (Å²) in [4.78, 5) is -0.848. The van der Waals surface area contributed by atoms with Gasteiger partial charge in [-0.05, 0) is 6.07 Å². The van der Waals surface area contributed by atoms with Gasteiger partial charge in [-0.25, -0.2) is 8.42 Å². The van der Waals surface area contributed by atoms with Crippen LogP contribution in [0.2, 0.25) is 35.2 Å². The van der Waals surface area contributed by atoms with Crippen LogP contribution in [0.25, 0.3) is 11.1 Å². The van der Waals surface area contributed by atoms with Gasteiger partial charge in [-0.15, -0.1) is 0 Å². The molecule has 0 heterocycles. The topological polar surface area (TPSA) is 57.2 Å². The van der Waals surface area contributed by atoms with Crippen molar-refractivity contribution < 1.29 is 42.5 Å². The summed E-state index contributed by atoms with van der Waals surface area (Å²) >= 11 is 41.5. The van der Waals surface area contributed by atoms with E-state index in [0.29, 0.717) is 0 Å². The summed E-state index contributed by atoms with van der Waals surface area (Å²) in [6, 6.07) is 2.67. The quantitative estimate of drug-likeness (QED) is 0.274. The van der Waals surface area contributed by atoms with Crippen LogP contribution < -0.4 is 29.6 Å². The zero-order valence-electron chi connectivity index (χ0n) is 11.4. The van der Waals surface area contributed by atoms with Gasteiger partial charge in [0.1, 0.15) is 10.1 Å². The zero-order valence-corrected chi connectivity index (χ0v) is 19.5. The Hall–Kier alpha value is 1.38. The summed E-state index contributed by atoms with van der Waals surface area (Å²) in [5, 5.41) is -1.53. The van der Waals surface area contributed by atoms with E-state index < -0.39 is 20.0 Å². The normalized spacial score (nSPS) is 11.3. The Labute approximate surface area is 195 Å². The molecule has 2 aromatic carbocycles. The Bertz CT molecular complexity index is 931. The van der Waals surface area contributed by atoms with Crippen molar-refractivity contribution in [2.45, 2.75) is 4.90 Å². The fraction of sp³-hybridized carbons (Fsp3) is 0. The molecule has 124 valence electrons. The summed E-state index contributed by atoms with van der Waals surface area (Å²) < 4.78 is 34.9. The van der Waals surface area contributed by atoms with Gasteiger partial charge < -0.3 is 4.55 Å². The number of hydrogen-bond donors (Lipinski definition) is 0. The third-order valence-corrected chi connectivity index (χ3v) is 6.89. The zero-order chi connectivity index (χ0) is 17.7. The molecular weight excluding hydrogens is 495 g/mol. The summed E-state index contributed by atoms with van der Waals surface area (Å²) in [7, 11) is -5.06. The Morgan fingerprint density at radius 2 is 1.21 bits per heavy atom. The van der Waals surface area contributed by atoms with Crippen molar-refractivity contribution >= 4 is 91.3 Å². The SMILES string of the molecule is O=S(=O)([O-])c1c(Cl)c(Cl)c(Cl)c(Cl)c1-c1ccc(Cl)c(Cl)c1Cl.[Na+]. The van der Waals surface area contributed by atoms with Crippen molar-refractivity contribution in [3.8, 4) is 11.1 Å². The molecule has 0 aliphatic heterocycles. The van der Waals surface area contributed by atoms with Crippen LogP contribution >= 0.6 is 81.2 Å². The molecule has 2 aromatic rings. The van der Waals surface area contributed by atoms with Crippen molar-refractivity contribution in [1.29, 1.82) is 0 Å². The molecule has 0 unspecified atom stereocenters. The third-order valence-electron chi connectivity index (χ3n) is 2.78. The summed E-state index contributed by atoms with van der Waals surface area (Å²) in [6.45, 7) is 0. The van der Waals surface area contributed by atoms with Gasteiger partial charge in [0.25, 0.3) is 0 Å². The van der Waals surface area contributed by atoms with Crippen molar-refractivity contribution in [2.75, 3.05) is 0 Å². The molecule has 0 fully saturated rings. The predicted molar refractivity (Wildman–Crippen MR) is 94.9 cm³/mol. The van der Waals surface area contributed by atoms with Gasteiger partial charge in [-0.1, -0.05) is 87.3 Å². The van der Waals surface area contributed by atoms with Crippen LogP contribution in [0, 0.1) is 0 Å². The fourth-order valence-corrected chi connectivity index (χ4v) is 4.57. The molecule has 0 spiro atoms. The van der Waals surface area contributed by atoms with Gasteiger partial charge >= 0.3 is 29.6 Å². The van der Waals surface area contributed by atoms with E-state index in [4.69, 9.17) is 81.2 Å². The molecule has 0 aliphatic rings. The van der Waals surface area contributed by atoms with Gasteiger partial charge in [-0.3, -0.25) is 0 Å². The van der Waals surface area contributed by atoms with Crippen LogP contribution in [0.15, 0.2) is 17.0 Å². The van der Waals surface area contributed by atoms with Crippen LogP contribution in [0.5, 0.6) is 0 Å². The van der Waals surface area contributed by atoms with E-state index in [9.17, 15) is 13.0 Å². The van der Waals surface area contributed by atoms with Crippen molar-refractivity contribution in [3.05, 3.63) is 47.3 Å². The maximum absolute atomic E-state index is 11.6. The first kappa shape index (κ1) is 23.4. The van der Waals surface area contributed by atoms with Gasteiger partial charge in [0.15, 0.2) is 0 Å². The van der Waals surface area contributed by atoms with E-state index in [1.807, 2.05) is 0 Å². The Kier molecular flexibility index (Phi) is 8.39. The molecule has 2 rings (SSSR count). The molecule has 0 N–H and O–H groups in total. The van der Waals surface area contributed by atoms with Crippen molar-refractivity contribution in [1.82, 2.24) is 0 Å². The Morgan fingerprint density at radius 3 is 1.71 bits per heavy atom. The van der Waals surface area contributed by atoms with Crippen molar-refractivity contribution in [3.63, 3.8) is 0 Å². The van der Waals surface area contributed by atoms with E-state index in [0.717, 1.165) is 0 Å². The molecule has 0 radical (unpaired) electrons.